The molecule has 1 aromatic rings. The van der Waals surface area contributed by atoms with Gasteiger partial charge in [-0.05, 0) is 57.4 Å². The lowest BCUT2D eigenvalue weighted by molar-refractivity contribution is -0.128. The Morgan fingerprint density at radius 1 is 1.28 bits per heavy atom. The summed E-state index contributed by atoms with van der Waals surface area (Å²) in [6, 6.07) is 4.68. The zero-order valence-electron chi connectivity index (χ0n) is 14.9. The van der Waals surface area contributed by atoms with Gasteiger partial charge < -0.3 is 15.0 Å². The molecule has 1 aromatic carbocycles. The maximum atomic E-state index is 13.4. The number of nitrogens with zero attached hydrogens (tertiary/aromatic N) is 1. The van der Waals surface area contributed by atoms with Gasteiger partial charge in [-0.3, -0.25) is 9.59 Å². The minimum atomic E-state index is -0.369. The van der Waals surface area contributed by atoms with Crippen LogP contribution in [0, 0.1) is 18.7 Å². The normalized spacial score (nSPS) is 29.8. The quantitative estimate of drug-likeness (QED) is 0.913. The van der Waals surface area contributed by atoms with Gasteiger partial charge in [-0.25, -0.2) is 4.39 Å². The van der Waals surface area contributed by atoms with Crippen LogP contribution in [0.3, 0.4) is 0 Å². The van der Waals surface area contributed by atoms with Crippen molar-refractivity contribution in [3.05, 3.63) is 29.6 Å². The number of carbonyl (C=O) groups excluding carboxylic acids is 2. The van der Waals surface area contributed by atoms with E-state index in [2.05, 4.69) is 5.32 Å². The van der Waals surface area contributed by atoms with Crippen LogP contribution >= 0.6 is 0 Å². The number of nitrogens with one attached hydrogen (secondary N) is 1. The van der Waals surface area contributed by atoms with Gasteiger partial charge in [0, 0.05) is 24.7 Å². The van der Waals surface area contributed by atoms with E-state index in [0.717, 1.165) is 12.8 Å². The molecule has 2 saturated heterocycles. The summed E-state index contributed by atoms with van der Waals surface area (Å²) in [5.41, 5.74) is 1.14. The van der Waals surface area contributed by atoms with Crippen LogP contribution < -0.4 is 10.2 Å². The maximum absolute atomic E-state index is 13.4. The van der Waals surface area contributed by atoms with E-state index in [-0.39, 0.29) is 48.2 Å². The number of halogens is 1. The summed E-state index contributed by atoms with van der Waals surface area (Å²) in [5, 5.41) is 3.08. The Hall–Kier alpha value is -1.95. The van der Waals surface area contributed by atoms with Gasteiger partial charge in [0.05, 0.1) is 18.1 Å². The highest BCUT2D eigenvalue weighted by molar-refractivity contribution is 6.00. The summed E-state index contributed by atoms with van der Waals surface area (Å²) in [4.78, 5) is 26.5. The van der Waals surface area contributed by atoms with Gasteiger partial charge in [0.25, 0.3) is 0 Å². The monoisotopic (exact) mass is 348 g/mol. The molecule has 0 unspecified atom stereocenters. The fourth-order valence-corrected chi connectivity index (χ4v) is 3.77. The van der Waals surface area contributed by atoms with Gasteiger partial charge in [-0.15, -0.1) is 0 Å². The third-order valence-electron chi connectivity index (χ3n) is 4.99. The molecule has 0 aliphatic carbocycles. The summed E-state index contributed by atoms with van der Waals surface area (Å²) in [7, 11) is 0. The lowest BCUT2D eigenvalue weighted by Gasteiger charge is -2.33. The standard InChI is InChI=1S/C19H25FN2O3/c1-11-6-16(4-5-17(11)20)22-10-14(9-18(22)23)19(24)21-15-7-12(2)25-13(3)8-15/h4-6,12-15H,7-10H2,1-3H3,(H,21,24)/t12-,13-,14-/m1/s1. The van der Waals surface area contributed by atoms with Crippen molar-refractivity contribution < 1.29 is 18.7 Å². The maximum Gasteiger partial charge on any atom is 0.227 e. The molecule has 6 heteroatoms. The molecule has 2 aliphatic rings. The third kappa shape index (κ3) is 4.00. The van der Waals surface area contributed by atoms with Crippen LogP contribution in [-0.4, -0.2) is 36.6 Å². The van der Waals surface area contributed by atoms with Crippen molar-refractivity contribution in [1.82, 2.24) is 5.32 Å². The minimum Gasteiger partial charge on any atom is -0.375 e. The minimum absolute atomic E-state index is 0.0824. The topological polar surface area (TPSA) is 58.6 Å². The number of ether oxygens (including phenoxy) is 1. The molecular weight excluding hydrogens is 323 g/mol. The molecule has 2 heterocycles. The highest BCUT2D eigenvalue weighted by Crippen LogP contribution is 2.27. The molecule has 0 radical (unpaired) electrons. The fraction of sp³-hybridized carbons (Fsp3) is 0.579. The summed E-state index contributed by atoms with van der Waals surface area (Å²) < 4.78 is 19.1. The van der Waals surface area contributed by atoms with Crippen LogP contribution in [0.1, 0.15) is 38.7 Å². The van der Waals surface area contributed by atoms with Gasteiger partial charge in [0.15, 0.2) is 0 Å². The van der Waals surface area contributed by atoms with Crippen LogP contribution in [0.2, 0.25) is 0 Å². The Morgan fingerprint density at radius 2 is 1.96 bits per heavy atom. The lowest BCUT2D eigenvalue weighted by atomic mass is 9.98. The Kier molecular flexibility index (Phi) is 5.08. The number of carbonyl (C=O) groups is 2. The van der Waals surface area contributed by atoms with Crippen molar-refractivity contribution in [2.75, 3.05) is 11.4 Å². The highest BCUT2D eigenvalue weighted by Gasteiger charge is 2.36. The molecule has 2 aliphatic heterocycles. The van der Waals surface area contributed by atoms with Gasteiger partial charge in [-0.2, -0.15) is 0 Å². The molecule has 0 bridgehead atoms. The number of anilines is 1. The number of rotatable bonds is 3. The van der Waals surface area contributed by atoms with E-state index in [1.54, 1.807) is 24.0 Å². The molecule has 2 amide bonds. The van der Waals surface area contributed by atoms with E-state index in [0.29, 0.717) is 17.8 Å². The average Bonchev–Trinajstić information content (AvgIpc) is 2.91. The van der Waals surface area contributed by atoms with Crippen molar-refractivity contribution in [3.8, 4) is 0 Å². The first-order chi connectivity index (χ1) is 11.8. The number of hydrogen-bond acceptors (Lipinski definition) is 3. The smallest absolute Gasteiger partial charge is 0.227 e. The average molecular weight is 348 g/mol. The van der Waals surface area contributed by atoms with Gasteiger partial charge >= 0.3 is 0 Å². The molecule has 3 atom stereocenters. The zero-order chi connectivity index (χ0) is 18.1. The number of amides is 2. The summed E-state index contributed by atoms with van der Waals surface area (Å²) in [5.74, 6) is -0.848. The Labute approximate surface area is 147 Å². The molecule has 0 aromatic heterocycles. The van der Waals surface area contributed by atoms with Crippen molar-refractivity contribution in [2.24, 2.45) is 5.92 Å². The number of aryl methyl sites for hydroxylation is 1. The van der Waals surface area contributed by atoms with E-state index < -0.39 is 0 Å². The number of benzene rings is 1. The third-order valence-corrected chi connectivity index (χ3v) is 4.99. The number of hydrogen-bond donors (Lipinski definition) is 1. The van der Waals surface area contributed by atoms with Crippen LogP contribution in [0.5, 0.6) is 0 Å². The first kappa shape index (κ1) is 17.9. The Bertz CT molecular complexity index is 669. The lowest BCUT2D eigenvalue weighted by Crippen LogP contribution is -2.46. The van der Waals surface area contributed by atoms with E-state index in [4.69, 9.17) is 4.74 Å². The van der Waals surface area contributed by atoms with Crippen LogP contribution in [0.15, 0.2) is 18.2 Å². The SMILES string of the molecule is Cc1cc(N2C[C@H](C(=O)NC3C[C@@H](C)O[C@H](C)C3)CC2=O)ccc1F. The second kappa shape index (κ2) is 7.12. The molecule has 5 nitrogen and oxygen atoms in total. The Morgan fingerprint density at radius 3 is 2.60 bits per heavy atom. The second-order valence-electron chi connectivity index (χ2n) is 7.27. The summed E-state index contributed by atoms with van der Waals surface area (Å²) >= 11 is 0. The molecule has 2 fully saturated rings. The zero-order valence-corrected chi connectivity index (χ0v) is 14.9. The summed E-state index contributed by atoms with van der Waals surface area (Å²) in [6.45, 7) is 6.01. The Balaban J connectivity index is 1.63. The molecule has 0 saturated carbocycles. The molecule has 3 rings (SSSR count). The molecule has 25 heavy (non-hydrogen) atoms. The van der Waals surface area contributed by atoms with E-state index >= 15 is 0 Å². The van der Waals surface area contributed by atoms with Gasteiger partial charge in [-0.1, -0.05) is 0 Å². The first-order valence-corrected chi connectivity index (χ1v) is 8.86. The van der Waals surface area contributed by atoms with Crippen LogP contribution in [-0.2, 0) is 14.3 Å². The van der Waals surface area contributed by atoms with Crippen molar-refractivity contribution in [1.29, 1.82) is 0 Å². The van der Waals surface area contributed by atoms with Crippen LogP contribution in [0.4, 0.5) is 10.1 Å². The van der Waals surface area contributed by atoms with E-state index in [1.807, 2.05) is 13.8 Å². The van der Waals surface area contributed by atoms with Gasteiger partial charge in [0.1, 0.15) is 5.82 Å². The highest BCUT2D eigenvalue weighted by atomic mass is 19.1. The largest absolute Gasteiger partial charge is 0.375 e. The first-order valence-electron chi connectivity index (χ1n) is 8.86. The molecule has 136 valence electrons. The summed E-state index contributed by atoms with van der Waals surface area (Å²) in [6.07, 6.45) is 2.02. The predicted octanol–water partition coefficient (Wildman–Crippen LogP) is 2.56. The van der Waals surface area contributed by atoms with E-state index in [1.165, 1.54) is 6.07 Å². The van der Waals surface area contributed by atoms with Crippen LogP contribution in [0.25, 0.3) is 0 Å². The predicted molar refractivity (Wildman–Crippen MR) is 92.8 cm³/mol. The molecular formula is C19H25FN2O3. The van der Waals surface area contributed by atoms with Crippen molar-refractivity contribution in [3.63, 3.8) is 0 Å². The molecule has 1 N–H and O–H groups in total. The van der Waals surface area contributed by atoms with Gasteiger partial charge in [0.2, 0.25) is 11.8 Å². The molecule has 0 spiro atoms. The van der Waals surface area contributed by atoms with Crippen molar-refractivity contribution >= 4 is 17.5 Å². The van der Waals surface area contributed by atoms with E-state index in [9.17, 15) is 14.0 Å². The van der Waals surface area contributed by atoms with Crippen molar-refractivity contribution in [2.45, 2.75) is 58.3 Å². The fourth-order valence-electron chi connectivity index (χ4n) is 3.77. The second-order valence-corrected chi connectivity index (χ2v) is 7.27.